The predicted octanol–water partition coefficient (Wildman–Crippen LogP) is 13.3. The van der Waals surface area contributed by atoms with Crippen LogP contribution in [-0.4, -0.2) is 0 Å². The van der Waals surface area contributed by atoms with Gasteiger partial charge in [-0.2, -0.15) is 0 Å². The Morgan fingerprint density at radius 1 is 0.229 bits per heavy atom. The van der Waals surface area contributed by atoms with E-state index in [4.69, 9.17) is 0 Å². The molecule has 8 aromatic rings. The van der Waals surface area contributed by atoms with Crippen molar-refractivity contribution in [1.29, 1.82) is 0 Å². The Morgan fingerprint density at radius 2 is 0.542 bits per heavy atom. The van der Waals surface area contributed by atoms with Crippen molar-refractivity contribution in [1.82, 2.24) is 0 Å². The van der Waals surface area contributed by atoms with Crippen LogP contribution in [0.25, 0.3) is 80.9 Å². The van der Waals surface area contributed by atoms with E-state index in [-0.39, 0.29) is 0 Å². The first-order chi connectivity index (χ1) is 23.8. The fraction of sp³-hybridized carbons (Fsp3) is 0. The van der Waals surface area contributed by atoms with E-state index in [0.717, 1.165) is 0 Å². The highest BCUT2D eigenvalue weighted by molar-refractivity contribution is 6.28. The number of hydrogen-bond donors (Lipinski definition) is 0. The van der Waals surface area contributed by atoms with Crippen LogP contribution < -0.4 is 0 Å². The summed E-state index contributed by atoms with van der Waals surface area (Å²) in [5.41, 5.74) is 9.58. The van der Waals surface area contributed by atoms with E-state index in [9.17, 15) is 0 Å². The second kappa shape index (κ2) is 13.2. The normalized spacial score (nSPS) is 12.2. The lowest BCUT2D eigenvalue weighted by Crippen LogP contribution is -1.93. The van der Waals surface area contributed by atoms with Crippen molar-refractivity contribution in [3.8, 4) is 0 Å². The average Bonchev–Trinajstić information content (AvgIpc) is 3.16. The quantitative estimate of drug-likeness (QED) is 0.119. The molecule has 0 saturated carbocycles. The van der Waals surface area contributed by atoms with Gasteiger partial charge in [0, 0.05) is 0 Å². The van der Waals surface area contributed by atoms with Crippen LogP contribution >= 0.6 is 0 Å². The van der Waals surface area contributed by atoms with Crippen molar-refractivity contribution in [2.24, 2.45) is 0 Å². The highest BCUT2D eigenvalue weighted by atomic mass is 14.2. The minimum absolute atomic E-state index is 1.18. The maximum absolute atomic E-state index is 2.39. The van der Waals surface area contributed by atoms with Gasteiger partial charge in [0.05, 0.1) is 0 Å². The Labute approximate surface area is 282 Å². The Bertz CT molecular complexity index is 2420. The van der Waals surface area contributed by atoms with Crippen molar-refractivity contribution >= 4 is 80.9 Å². The van der Waals surface area contributed by atoms with Gasteiger partial charge in [0.2, 0.25) is 0 Å². The first kappa shape index (κ1) is 29.2. The molecule has 0 N–H and O–H groups in total. The third-order valence-corrected chi connectivity index (χ3v) is 9.05. The van der Waals surface area contributed by atoms with Gasteiger partial charge in [-0.15, -0.1) is 0 Å². The smallest absolute Gasteiger partial charge is 0.00141 e. The summed E-state index contributed by atoms with van der Waals surface area (Å²) in [5, 5.41) is 7.64. The molecule has 0 heterocycles. The molecule has 48 heavy (non-hydrogen) atoms. The molecule has 0 amide bonds. The summed E-state index contributed by atoms with van der Waals surface area (Å²) in [6, 6.07) is 56.1. The Morgan fingerprint density at radius 3 is 0.979 bits per heavy atom. The van der Waals surface area contributed by atoms with Crippen LogP contribution in [0.15, 0.2) is 158 Å². The first-order valence-electron chi connectivity index (χ1n) is 16.5. The van der Waals surface area contributed by atoms with Crippen LogP contribution in [-0.2, 0) is 0 Å². The van der Waals surface area contributed by atoms with Crippen LogP contribution in [0.1, 0.15) is 44.5 Å². The van der Waals surface area contributed by atoms with Crippen LogP contribution in [0.4, 0.5) is 0 Å². The molecule has 0 unspecified atom stereocenters. The van der Waals surface area contributed by atoms with E-state index in [1.54, 1.807) is 0 Å². The zero-order valence-electron chi connectivity index (χ0n) is 26.6. The molecular formula is C48H34. The van der Waals surface area contributed by atoms with Crippen molar-refractivity contribution in [2.75, 3.05) is 0 Å². The van der Waals surface area contributed by atoms with Crippen LogP contribution in [0, 0.1) is 0 Å². The van der Waals surface area contributed by atoms with Crippen LogP contribution in [0.2, 0.25) is 0 Å². The molecule has 0 aliphatic rings. The van der Waals surface area contributed by atoms with Gasteiger partial charge >= 0.3 is 0 Å². The summed E-state index contributed by atoms with van der Waals surface area (Å²) >= 11 is 0. The molecule has 0 bridgehead atoms. The lowest BCUT2D eigenvalue weighted by atomic mass is 9.85. The SMILES string of the molecule is C(=Cc1ccc2c(C=Cc3ccccc3)cc3c(C=Cc4ccccc4)cc(C=Cc4ccccc4)c4ccc1c2c43)c1ccccc1. The largest absolute Gasteiger partial charge is 0.0622 e. The molecule has 0 atom stereocenters. The van der Waals surface area contributed by atoms with E-state index < -0.39 is 0 Å². The molecule has 0 spiro atoms. The monoisotopic (exact) mass is 610 g/mol. The van der Waals surface area contributed by atoms with E-state index in [1.165, 1.54) is 76.8 Å². The van der Waals surface area contributed by atoms with E-state index in [0.29, 0.717) is 0 Å². The Kier molecular flexibility index (Phi) is 8.05. The van der Waals surface area contributed by atoms with Gasteiger partial charge in [-0.1, -0.05) is 194 Å². The maximum Gasteiger partial charge on any atom is -0.00141 e. The average molecular weight is 611 g/mol. The molecule has 0 saturated heterocycles. The summed E-state index contributed by atoms with van der Waals surface area (Å²) < 4.78 is 0. The third kappa shape index (κ3) is 6.00. The van der Waals surface area contributed by atoms with E-state index in [2.05, 4.69) is 206 Å². The van der Waals surface area contributed by atoms with Crippen LogP contribution in [0.5, 0.6) is 0 Å². The van der Waals surface area contributed by atoms with Gasteiger partial charge in [0.25, 0.3) is 0 Å². The summed E-state index contributed by atoms with van der Waals surface area (Å²) in [5.74, 6) is 0. The fourth-order valence-electron chi connectivity index (χ4n) is 6.65. The van der Waals surface area contributed by atoms with Gasteiger partial charge in [0.15, 0.2) is 0 Å². The number of hydrogen-bond acceptors (Lipinski definition) is 0. The summed E-state index contributed by atoms with van der Waals surface area (Å²) in [4.78, 5) is 0. The molecule has 0 aliphatic carbocycles. The summed E-state index contributed by atoms with van der Waals surface area (Å²) in [6.07, 6.45) is 18.0. The topological polar surface area (TPSA) is 0 Å². The van der Waals surface area contributed by atoms with Gasteiger partial charge in [-0.3, -0.25) is 0 Å². The molecule has 0 nitrogen and oxygen atoms in total. The zero-order chi connectivity index (χ0) is 32.1. The fourth-order valence-corrected chi connectivity index (χ4v) is 6.65. The van der Waals surface area contributed by atoms with Gasteiger partial charge < -0.3 is 0 Å². The standard InChI is InChI=1S/C48H34/c1-5-13-35(14-6-1)21-25-39-29-30-44-42(28-24-38-19-11-4-12-20-38)34-46-41(27-23-37-17-9-3-10-18-37)33-40(26-22-36-15-7-2-8-16-36)45-32-31-43(39)47(44)48(45)46/h1-34H. The molecule has 0 aromatic heterocycles. The first-order valence-corrected chi connectivity index (χ1v) is 16.5. The van der Waals surface area contributed by atoms with Gasteiger partial charge in [0.1, 0.15) is 0 Å². The molecule has 8 aromatic carbocycles. The van der Waals surface area contributed by atoms with Crippen molar-refractivity contribution in [2.45, 2.75) is 0 Å². The summed E-state index contributed by atoms with van der Waals surface area (Å²) in [7, 11) is 0. The Hall–Kier alpha value is -6.24. The van der Waals surface area contributed by atoms with Crippen LogP contribution in [0.3, 0.4) is 0 Å². The molecule has 0 fully saturated rings. The summed E-state index contributed by atoms with van der Waals surface area (Å²) in [6.45, 7) is 0. The second-order valence-corrected chi connectivity index (χ2v) is 12.2. The number of rotatable bonds is 8. The minimum atomic E-state index is 1.18. The van der Waals surface area contributed by atoms with Crippen molar-refractivity contribution < 1.29 is 0 Å². The lowest BCUT2D eigenvalue weighted by Gasteiger charge is -2.18. The van der Waals surface area contributed by atoms with E-state index in [1.807, 2.05) is 0 Å². The highest BCUT2D eigenvalue weighted by Crippen LogP contribution is 2.42. The second-order valence-electron chi connectivity index (χ2n) is 12.2. The molecule has 8 rings (SSSR count). The molecular weight excluding hydrogens is 577 g/mol. The van der Waals surface area contributed by atoms with Crippen molar-refractivity contribution in [3.05, 3.63) is 202 Å². The molecule has 0 aliphatic heterocycles. The lowest BCUT2D eigenvalue weighted by molar-refractivity contribution is 1.65. The third-order valence-electron chi connectivity index (χ3n) is 9.05. The molecule has 0 heteroatoms. The minimum Gasteiger partial charge on any atom is -0.0622 e. The Balaban J connectivity index is 1.41. The van der Waals surface area contributed by atoms with Gasteiger partial charge in [-0.25, -0.2) is 0 Å². The molecule has 226 valence electrons. The highest BCUT2D eigenvalue weighted by Gasteiger charge is 2.16. The number of benzene rings is 8. The van der Waals surface area contributed by atoms with Crippen molar-refractivity contribution in [3.63, 3.8) is 0 Å². The van der Waals surface area contributed by atoms with Gasteiger partial charge in [-0.05, 0) is 89.0 Å². The predicted molar refractivity (Wildman–Crippen MR) is 212 cm³/mol. The molecule has 0 radical (unpaired) electrons. The van der Waals surface area contributed by atoms with E-state index >= 15 is 0 Å². The zero-order valence-corrected chi connectivity index (χ0v) is 26.6. The maximum atomic E-state index is 2.39.